The first kappa shape index (κ1) is 7.26. The molecule has 5 nitrogen and oxygen atoms in total. The van der Waals surface area contributed by atoms with Gasteiger partial charge in [-0.1, -0.05) is 5.11 Å². The van der Waals surface area contributed by atoms with Crippen LogP contribution in [0.4, 0.5) is 0 Å². The second kappa shape index (κ2) is 3.29. The number of rotatable bonds is 2. The Labute approximate surface area is 47.9 Å². The van der Waals surface area contributed by atoms with E-state index in [1.807, 2.05) is 0 Å². The number of hydrogen-bond acceptors (Lipinski definition) is 3. The quantitative estimate of drug-likeness (QED) is 0.255. The highest BCUT2D eigenvalue weighted by atomic mass is 32.2. The molecule has 0 saturated carbocycles. The van der Waals surface area contributed by atoms with E-state index in [2.05, 4.69) is 10.0 Å². The Hall–Kier alpha value is -0.740. The third-order valence-corrected chi connectivity index (χ3v) is 1.24. The van der Waals surface area contributed by atoms with E-state index in [1.165, 1.54) is 6.92 Å². The highest BCUT2D eigenvalue weighted by Crippen LogP contribution is 1.87. The molecule has 8 heavy (non-hydrogen) atoms. The molecular weight excluding hydrogens is 130 g/mol. The van der Waals surface area contributed by atoms with Gasteiger partial charge in [0.15, 0.2) is 0 Å². The number of nitrogens with zero attached hydrogens (tertiary/aromatic N) is 3. The Balaban J connectivity index is 4.03. The first-order valence-corrected chi connectivity index (χ1v) is 3.11. The maximum Gasteiger partial charge on any atom is 0.148 e. The van der Waals surface area contributed by atoms with Crippen LogP contribution in [0, 0.1) is 0 Å². The van der Waals surface area contributed by atoms with Gasteiger partial charge in [0.25, 0.3) is 0 Å². The zero-order valence-corrected chi connectivity index (χ0v) is 5.08. The molecule has 0 aliphatic rings. The van der Waals surface area contributed by atoms with E-state index in [0.29, 0.717) is 0 Å². The molecule has 0 N–H and O–H groups in total. The first-order valence-electron chi connectivity index (χ1n) is 1.86. The van der Waals surface area contributed by atoms with E-state index in [4.69, 9.17) is 5.53 Å². The summed E-state index contributed by atoms with van der Waals surface area (Å²) in [5, 5.41) is 1.99. The molecule has 0 heterocycles. The van der Waals surface area contributed by atoms with Gasteiger partial charge in [0, 0.05) is 4.91 Å². The zero-order chi connectivity index (χ0) is 6.57. The van der Waals surface area contributed by atoms with E-state index in [9.17, 15) is 8.42 Å². The van der Waals surface area contributed by atoms with Gasteiger partial charge in [-0.15, -0.1) is 0 Å². The van der Waals surface area contributed by atoms with Crippen LogP contribution >= 0.6 is 0 Å². The minimum absolute atomic E-state index is 0.921. The minimum atomic E-state index is -2.59. The summed E-state index contributed by atoms with van der Waals surface area (Å²) in [7, 11) is -2.59. The number of hydrogen-bond donors (Lipinski definition) is 1. The van der Waals surface area contributed by atoms with E-state index in [1.54, 1.807) is 0 Å². The predicted molar refractivity (Wildman–Crippen MR) is 28.9 cm³/mol. The second-order valence-electron chi connectivity index (χ2n) is 1.12. The Bertz CT molecular complexity index is 172. The number of azide groups is 1. The molecule has 0 bridgehead atoms. The van der Waals surface area contributed by atoms with Gasteiger partial charge < -0.3 is 0 Å². The minimum Gasteiger partial charge on any atom is -0.231 e. The summed E-state index contributed by atoms with van der Waals surface area (Å²) >= 11 is 0. The number of thiol groups is 1. The van der Waals surface area contributed by atoms with Crippen molar-refractivity contribution in [2.75, 3.05) is 0 Å². The molecule has 1 atom stereocenters. The predicted octanol–water partition coefficient (Wildman–Crippen LogP) is 0.254. The zero-order valence-electron chi connectivity index (χ0n) is 4.18. The lowest BCUT2D eigenvalue weighted by atomic mass is 10.8. The van der Waals surface area contributed by atoms with Crippen LogP contribution in [0.25, 0.3) is 10.4 Å². The summed E-state index contributed by atoms with van der Waals surface area (Å²) in [6.45, 7) is 1.31. The third-order valence-electron chi connectivity index (χ3n) is 0.524. The highest BCUT2D eigenvalue weighted by molar-refractivity contribution is 7.73. The SMILES string of the molecule is CC(N=[N+]=[N-])[SH](=O)=O. The smallest absolute Gasteiger partial charge is 0.148 e. The topological polar surface area (TPSA) is 82.9 Å². The molecule has 0 aromatic carbocycles. The van der Waals surface area contributed by atoms with Gasteiger partial charge in [-0.2, -0.15) is 0 Å². The van der Waals surface area contributed by atoms with E-state index in [-0.39, 0.29) is 0 Å². The fourth-order valence-corrected chi connectivity index (χ4v) is 0.247. The summed E-state index contributed by atoms with van der Waals surface area (Å²) in [4.78, 5) is 2.30. The van der Waals surface area contributed by atoms with Crippen LogP contribution in [-0.4, -0.2) is 13.8 Å². The maximum atomic E-state index is 9.86. The summed E-state index contributed by atoms with van der Waals surface area (Å²) in [6.07, 6.45) is 0. The molecular formula is C2H5N3O2S. The highest BCUT2D eigenvalue weighted by Gasteiger charge is 1.96. The van der Waals surface area contributed by atoms with Crippen molar-refractivity contribution < 1.29 is 8.42 Å². The van der Waals surface area contributed by atoms with Gasteiger partial charge in [0.1, 0.15) is 16.1 Å². The van der Waals surface area contributed by atoms with Crippen molar-refractivity contribution in [2.24, 2.45) is 5.11 Å². The van der Waals surface area contributed by atoms with Crippen LogP contribution in [0.3, 0.4) is 0 Å². The van der Waals surface area contributed by atoms with Crippen LogP contribution in [-0.2, 0) is 10.7 Å². The maximum absolute atomic E-state index is 9.86. The fourth-order valence-electron chi connectivity index (χ4n) is 0.117. The van der Waals surface area contributed by atoms with Gasteiger partial charge in [0.2, 0.25) is 0 Å². The lowest BCUT2D eigenvalue weighted by molar-refractivity contribution is 0.604. The monoisotopic (exact) mass is 135 g/mol. The van der Waals surface area contributed by atoms with Crippen molar-refractivity contribution in [3.8, 4) is 0 Å². The van der Waals surface area contributed by atoms with Crippen LogP contribution in [0.1, 0.15) is 6.92 Å². The van der Waals surface area contributed by atoms with Crippen LogP contribution in [0.2, 0.25) is 0 Å². The third kappa shape index (κ3) is 2.44. The molecule has 0 rings (SSSR count). The molecule has 0 saturated heterocycles. The van der Waals surface area contributed by atoms with Crippen LogP contribution < -0.4 is 0 Å². The Morgan fingerprint density at radius 1 is 1.75 bits per heavy atom. The summed E-state index contributed by atoms with van der Waals surface area (Å²) in [5.41, 5.74) is 7.68. The lowest BCUT2D eigenvalue weighted by Crippen LogP contribution is -1.96. The van der Waals surface area contributed by atoms with Gasteiger partial charge in [0.05, 0.1) is 0 Å². The van der Waals surface area contributed by atoms with Crippen molar-refractivity contribution in [1.29, 1.82) is 0 Å². The van der Waals surface area contributed by atoms with Crippen molar-refractivity contribution in [3.05, 3.63) is 10.4 Å². The van der Waals surface area contributed by atoms with Crippen molar-refractivity contribution in [3.63, 3.8) is 0 Å². The average Bonchev–Trinajstić information content (AvgIpc) is 1.67. The molecule has 0 aliphatic carbocycles. The van der Waals surface area contributed by atoms with Crippen molar-refractivity contribution in [1.82, 2.24) is 0 Å². The summed E-state index contributed by atoms with van der Waals surface area (Å²) in [6, 6.07) is 0. The van der Waals surface area contributed by atoms with Crippen molar-refractivity contribution >= 4 is 10.7 Å². The van der Waals surface area contributed by atoms with Crippen LogP contribution in [0.5, 0.6) is 0 Å². The molecule has 0 radical (unpaired) electrons. The lowest BCUT2D eigenvalue weighted by Gasteiger charge is -1.84. The Morgan fingerprint density at radius 3 is 2.38 bits per heavy atom. The van der Waals surface area contributed by atoms with E-state index in [0.717, 1.165) is 0 Å². The molecule has 46 valence electrons. The van der Waals surface area contributed by atoms with Crippen molar-refractivity contribution in [2.45, 2.75) is 12.3 Å². The van der Waals surface area contributed by atoms with Gasteiger partial charge >= 0.3 is 0 Å². The molecule has 0 spiro atoms. The molecule has 0 fully saturated rings. The normalized spacial score (nSPS) is 12.8. The summed E-state index contributed by atoms with van der Waals surface area (Å²) in [5.74, 6) is 0. The van der Waals surface area contributed by atoms with Gasteiger partial charge in [-0.3, -0.25) is 0 Å². The standard InChI is InChI=1S/C2H5N3O2S/c1-2(4-5-3)8(6)7/h2,8H,1H3. The fraction of sp³-hybridized carbons (Fsp3) is 1.00. The molecule has 0 amide bonds. The average molecular weight is 135 g/mol. The van der Waals surface area contributed by atoms with Crippen LogP contribution in [0.15, 0.2) is 5.11 Å². The van der Waals surface area contributed by atoms with E-state index < -0.39 is 16.1 Å². The molecule has 6 heteroatoms. The molecule has 0 aliphatic heterocycles. The van der Waals surface area contributed by atoms with Gasteiger partial charge in [-0.25, -0.2) is 8.42 Å². The molecule has 0 aromatic heterocycles. The molecule has 0 aromatic rings. The summed E-state index contributed by atoms with van der Waals surface area (Å²) < 4.78 is 19.7. The van der Waals surface area contributed by atoms with Gasteiger partial charge in [-0.05, 0) is 12.5 Å². The Kier molecular flexibility index (Phi) is 2.98. The Morgan fingerprint density at radius 2 is 2.25 bits per heavy atom. The largest absolute Gasteiger partial charge is 0.231 e. The molecule has 1 unspecified atom stereocenters. The van der Waals surface area contributed by atoms with E-state index >= 15 is 0 Å². The second-order valence-corrected chi connectivity index (χ2v) is 2.44. The first-order chi connectivity index (χ1) is 3.68.